The Morgan fingerprint density at radius 2 is 1.81 bits per heavy atom. The van der Waals surface area contributed by atoms with E-state index in [4.69, 9.17) is 4.98 Å². The van der Waals surface area contributed by atoms with Crippen molar-refractivity contribution >= 4 is 10.9 Å². The Hall–Kier alpha value is -3.65. The predicted octanol–water partition coefficient (Wildman–Crippen LogP) is 5.94. The maximum absolute atomic E-state index is 13.8. The first-order valence-electron chi connectivity index (χ1n) is 12.0. The molecule has 1 unspecified atom stereocenters. The third kappa shape index (κ3) is 5.28. The van der Waals surface area contributed by atoms with Crippen LogP contribution in [-0.4, -0.2) is 29.0 Å². The molecule has 1 aliphatic rings. The van der Waals surface area contributed by atoms with Crippen LogP contribution < -0.4 is 15.6 Å². The van der Waals surface area contributed by atoms with Crippen LogP contribution in [0, 0.1) is 12.8 Å². The second-order valence-electron chi connectivity index (χ2n) is 9.24. The average molecular weight is 494 g/mol. The standard InChI is InChI=1S/C28H26F3N3O2/c1-18-7-9-20(10-8-18)21-11-12-25-24(15-21)27(35)34(17-19-4-3-13-32-16-19)26(33-25)22-5-2-6-23(14-22)36-28(29,30)31/h2,5-12,14-15,19,32H,3-4,13,16-17H2,1H3. The highest BCUT2D eigenvalue weighted by molar-refractivity contribution is 5.85. The first kappa shape index (κ1) is 24.1. The Kier molecular flexibility index (Phi) is 6.53. The minimum atomic E-state index is -4.81. The van der Waals surface area contributed by atoms with Crippen molar-refractivity contribution in [3.63, 3.8) is 0 Å². The van der Waals surface area contributed by atoms with E-state index in [9.17, 15) is 18.0 Å². The molecule has 0 radical (unpaired) electrons. The Morgan fingerprint density at radius 3 is 2.53 bits per heavy atom. The first-order valence-corrected chi connectivity index (χ1v) is 12.0. The highest BCUT2D eigenvalue weighted by atomic mass is 19.4. The molecule has 0 aliphatic carbocycles. The van der Waals surface area contributed by atoms with Crippen LogP contribution in [0.5, 0.6) is 5.75 Å². The minimum Gasteiger partial charge on any atom is -0.406 e. The fraction of sp³-hybridized carbons (Fsp3) is 0.286. The highest BCUT2D eigenvalue weighted by Crippen LogP contribution is 2.29. The van der Waals surface area contributed by atoms with Crippen molar-refractivity contribution < 1.29 is 17.9 Å². The van der Waals surface area contributed by atoms with Crippen molar-refractivity contribution in [3.8, 4) is 28.3 Å². The third-order valence-electron chi connectivity index (χ3n) is 6.50. The van der Waals surface area contributed by atoms with E-state index >= 15 is 0 Å². The number of alkyl halides is 3. The zero-order chi connectivity index (χ0) is 25.3. The van der Waals surface area contributed by atoms with Crippen LogP contribution in [0.1, 0.15) is 18.4 Å². The molecule has 8 heteroatoms. The normalized spacial score (nSPS) is 16.3. The quantitative estimate of drug-likeness (QED) is 0.374. The molecule has 36 heavy (non-hydrogen) atoms. The minimum absolute atomic E-state index is 0.211. The van der Waals surface area contributed by atoms with Crippen LogP contribution in [-0.2, 0) is 6.54 Å². The topological polar surface area (TPSA) is 56.1 Å². The predicted molar refractivity (Wildman–Crippen MR) is 134 cm³/mol. The summed E-state index contributed by atoms with van der Waals surface area (Å²) >= 11 is 0. The monoisotopic (exact) mass is 493 g/mol. The molecule has 1 aromatic heterocycles. The van der Waals surface area contributed by atoms with Crippen molar-refractivity contribution in [2.24, 2.45) is 5.92 Å². The molecule has 3 aromatic carbocycles. The zero-order valence-corrected chi connectivity index (χ0v) is 19.8. The molecule has 1 fully saturated rings. The summed E-state index contributed by atoms with van der Waals surface area (Å²) in [5, 5.41) is 3.84. The number of hydrogen-bond acceptors (Lipinski definition) is 4. The molecule has 0 spiro atoms. The molecular formula is C28H26F3N3O2. The fourth-order valence-corrected chi connectivity index (χ4v) is 4.71. The van der Waals surface area contributed by atoms with E-state index in [-0.39, 0.29) is 17.2 Å². The lowest BCUT2D eigenvalue weighted by atomic mass is 9.99. The average Bonchev–Trinajstić information content (AvgIpc) is 2.86. The molecule has 0 bridgehead atoms. The van der Waals surface area contributed by atoms with Gasteiger partial charge in [0.2, 0.25) is 0 Å². The smallest absolute Gasteiger partial charge is 0.406 e. The second kappa shape index (κ2) is 9.78. The summed E-state index contributed by atoms with van der Waals surface area (Å²) in [5.41, 5.74) is 3.71. The van der Waals surface area contributed by atoms with Gasteiger partial charge in [-0.15, -0.1) is 13.2 Å². The summed E-state index contributed by atoms with van der Waals surface area (Å²) in [6, 6.07) is 19.2. The molecule has 1 aliphatic heterocycles. The van der Waals surface area contributed by atoms with Crippen LogP contribution in [0.25, 0.3) is 33.4 Å². The number of fused-ring (bicyclic) bond motifs is 1. The van der Waals surface area contributed by atoms with E-state index in [1.165, 1.54) is 18.2 Å². The van der Waals surface area contributed by atoms with Crippen molar-refractivity contribution in [1.29, 1.82) is 0 Å². The lowest BCUT2D eigenvalue weighted by Gasteiger charge is -2.25. The van der Waals surface area contributed by atoms with Crippen LogP contribution in [0.3, 0.4) is 0 Å². The molecule has 0 amide bonds. The number of aryl methyl sites for hydroxylation is 1. The van der Waals surface area contributed by atoms with Gasteiger partial charge in [-0.05, 0) is 74.2 Å². The lowest BCUT2D eigenvalue weighted by molar-refractivity contribution is -0.274. The SMILES string of the molecule is Cc1ccc(-c2ccc3nc(-c4cccc(OC(F)(F)F)c4)n(CC4CCCNC4)c(=O)c3c2)cc1. The van der Waals surface area contributed by atoms with Crippen molar-refractivity contribution in [2.45, 2.75) is 32.7 Å². The van der Waals surface area contributed by atoms with Gasteiger partial charge in [0.05, 0.1) is 10.9 Å². The Morgan fingerprint density at radius 1 is 1.03 bits per heavy atom. The summed E-state index contributed by atoms with van der Waals surface area (Å²) in [6.45, 7) is 4.14. The van der Waals surface area contributed by atoms with Gasteiger partial charge in [0.1, 0.15) is 11.6 Å². The van der Waals surface area contributed by atoms with Gasteiger partial charge in [0.15, 0.2) is 0 Å². The molecule has 4 aromatic rings. The number of nitrogens with zero attached hydrogens (tertiary/aromatic N) is 2. The van der Waals surface area contributed by atoms with Gasteiger partial charge in [-0.3, -0.25) is 9.36 Å². The van der Waals surface area contributed by atoms with Gasteiger partial charge in [-0.1, -0.05) is 48.0 Å². The van der Waals surface area contributed by atoms with Crippen molar-refractivity contribution in [3.05, 3.63) is 82.6 Å². The fourth-order valence-electron chi connectivity index (χ4n) is 4.71. The van der Waals surface area contributed by atoms with Crippen LogP contribution in [0.15, 0.2) is 71.5 Å². The van der Waals surface area contributed by atoms with Crippen LogP contribution >= 0.6 is 0 Å². The van der Waals surface area contributed by atoms with Gasteiger partial charge < -0.3 is 10.1 Å². The lowest BCUT2D eigenvalue weighted by Crippen LogP contribution is -2.35. The number of rotatable bonds is 5. The van der Waals surface area contributed by atoms with Gasteiger partial charge in [0.25, 0.3) is 5.56 Å². The number of ether oxygens (including phenoxy) is 1. The molecular weight excluding hydrogens is 467 g/mol. The third-order valence-corrected chi connectivity index (χ3v) is 6.50. The molecule has 0 saturated carbocycles. The van der Waals surface area contributed by atoms with E-state index in [1.54, 1.807) is 16.7 Å². The summed E-state index contributed by atoms with van der Waals surface area (Å²) in [6.07, 6.45) is -2.85. The van der Waals surface area contributed by atoms with Gasteiger partial charge in [-0.25, -0.2) is 4.98 Å². The summed E-state index contributed by atoms with van der Waals surface area (Å²) < 4.78 is 44.2. The Bertz CT molecular complexity index is 1440. The number of halogens is 3. The molecule has 5 rings (SSSR count). The number of piperidine rings is 1. The first-order chi connectivity index (χ1) is 17.3. The molecule has 2 heterocycles. The summed E-state index contributed by atoms with van der Waals surface area (Å²) in [4.78, 5) is 18.6. The Balaban J connectivity index is 1.64. The molecule has 5 nitrogen and oxygen atoms in total. The molecule has 1 N–H and O–H groups in total. The van der Waals surface area contributed by atoms with Crippen LogP contribution in [0.4, 0.5) is 13.2 Å². The largest absolute Gasteiger partial charge is 0.573 e. The summed E-state index contributed by atoms with van der Waals surface area (Å²) in [7, 11) is 0. The van der Waals surface area contributed by atoms with Crippen molar-refractivity contribution in [2.75, 3.05) is 13.1 Å². The number of hydrogen-bond donors (Lipinski definition) is 1. The van der Waals surface area contributed by atoms with Gasteiger partial charge in [0, 0.05) is 12.1 Å². The number of aromatic nitrogens is 2. The summed E-state index contributed by atoms with van der Waals surface area (Å²) in [5.74, 6) is 0.188. The number of benzene rings is 3. The molecule has 186 valence electrons. The van der Waals surface area contributed by atoms with Crippen molar-refractivity contribution in [1.82, 2.24) is 14.9 Å². The van der Waals surface area contributed by atoms with E-state index < -0.39 is 6.36 Å². The molecule has 1 atom stereocenters. The molecule has 1 saturated heterocycles. The highest BCUT2D eigenvalue weighted by Gasteiger charge is 2.31. The van der Waals surface area contributed by atoms with Gasteiger partial charge in [-0.2, -0.15) is 0 Å². The van der Waals surface area contributed by atoms with Crippen LogP contribution in [0.2, 0.25) is 0 Å². The Labute approximate surface area is 206 Å². The van der Waals surface area contributed by atoms with E-state index in [1.807, 2.05) is 43.3 Å². The zero-order valence-electron chi connectivity index (χ0n) is 19.8. The maximum atomic E-state index is 13.8. The maximum Gasteiger partial charge on any atom is 0.573 e. The van der Waals surface area contributed by atoms with E-state index in [0.29, 0.717) is 28.8 Å². The number of nitrogens with one attached hydrogen (secondary N) is 1. The van der Waals surface area contributed by atoms with Gasteiger partial charge >= 0.3 is 6.36 Å². The van der Waals surface area contributed by atoms with E-state index in [2.05, 4.69) is 10.1 Å². The second-order valence-corrected chi connectivity index (χ2v) is 9.24. The van der Waals surface area contributed by atoms with E-state index in [0.717, 1.165) is 42.6 Å².